The van der Waals surface area contributed by atoms with E-state index in [1.54, 1.807) is 18.2 Å². The maximum Gasteiger partial charge on any atom is 0.420 e. The summed E-state index contributed by atoms with van der Waals surface area (Å²) in [5, 5.41) is 2.97. The maximum atomic E-state index is 12.3. The van der Waals surface area contributed by atoms with Gasteiger partial charge in [-0.15, -0.1) is 0 Å². The second kappa shape index (κ2) is 6.81. The van der Waals surface area contributed by atoms with Gasteiger partial charge < -0.3 is 9.73 Å². The Kier molecular flexibility index (Phi) is 4.76. The summed E-state index contributed by atoms with van der Waals surface area (Å²) in [6, 6.07) is 7.14. The molecule has 0 unspecified atom stereocenters. The lowest BCUT2D eigenvalue weighted by atomic mass is 9.98. The van der Waals surface area contributed by atoms with Crippen LogP contribution in [0.4, 0.5) is 0 Å². The molecule has 1 saturated heterocycles. The number of hydrogen-bond acceptors (Lipinski definition) is 4. The highest BCUT2D eigenvalue weighted by atomic mass is 16.4. The maximum absolute atomic E-state index is 12.3. The lowest BCUT2D eigenvalue weighted by Crippen LogP contribution is -2.53. The smallest absolute Gasteiger partial charge is 0.408 e. The molecule has 0 bridgehead atoms. The summed E-state index contributed by atoms with van der Waals surface area (Å²) in [5.74, 6) is -0.671. The summed E-state index contributed by atoms with van der Waals surface area (Å²) in [5.41, 5.74) is 1.07. The predicted octanol–water partition coefficient (Wildman–Crippen LogP) is 1.98. The van der Waals surface area contributed by atoms with Gasteiger partial charge in [-0.1, -0.05) is 18.6 Å². The topological polar surface area (TPSA) is 67.5 Å². The number of oxazole rings is 1. The van der Waals surface area contributed by atoms with E-state index < -0.39 is 5.76 Å². The number of hydrogen-bond donors (Lipinski definition) is 1. The Balaban J connectivity index is 1.63. The molecule has 2 aromatic rings. The van der Waals surface area contributed by atoms with Crippen LogP contribution in [0.2, 0.25) is 0 Å². The van der Waals surface area contributed by atoms with Gasteiger partial charge in [0.05, 0.1) is 5.52 Å². The predicted molar refractivity (Wildman–Crippen MR) is 93.0 cm³/mol. The highest BCUT2D eigenvalue weighted by Gasteiger charge is 2.28. The van der Waals surface area contributed by atoms with Crippen LogP contribution in [-0.2, 0) is 11.3 Å². The average Bonchev–Trinajstić information content (AvgIpc) is 2.90. The summed E-state index contributed by atoms with van der Waals surface area (Å²) in [4.78, 5) is 26.7. The van der Waals surface area contributed by atoms with Crippen LogP contribution >= 0.6 is 0 Å². The lowest BCUT2D eigenvalue weighted by molar-refractivity contribution is -0.122. The fourth-order valence-corrected chi connectivity index (χ4v) is 3.29. The number of nitrogens with one attached hydrogen (secondary N) is 1. The largest absolute Gasteiger partial charge is 0.420 e. The van der Waals surface area contributed by atoms with E-state index in [-0.39, 0.29) is 18.0 Å². The highest BCUT2D eigenvalue weighted by Crippen LogP contribution is 2.19. The van der Waals surface area contributed by atoms with Crippen LogP contribution in [0.15, 0.2) is 33.5 Å². The van der Waals surface area contributed by atoms with Crippen molar-refractivity contribution in [3.05, 3.63) is 34.8 Å². The molecule has 1 fully saturated rings. The fourth-order valence-electron chi connectivity index (χ4n) is 3.29. The second-order valence-electron chi connectivity index (χ2n) is 7.06. The molecule has 0 aliphatic carbocycles. The monoisotopic (exact) mass is 331 g/mol. The molecule has 1 aliphatic rings. The highest BCUT2D eigenvalue weighted by molar-refractivity contribution is 5.79. The molecule has 130 valence electrons. The SMILES string of the molecule is CC(C)(CNC(=O)Cn1c(=O)oc2ccccc21)N1CCCCC1. The number of carbonyl (C=O) groups excluding carboxylic acids is 1. The van der Waals surface area contributed by atoms with E-state index in [2.05, 4.69) is 24.1 Å². The van der Waals surface area contributed by atoms with Crippen molar-refractivity contribution in [3.63, 3.8) is 0 Å². The van der Waals surface area contributed by atoms with E-state index in [0.29, 0.717) is 17.6 Å². The molecule has 1 aromatic heterocycles. The molecule has 0 saturated carbocycles. The van der Waals surface area contributed by atoms with Crippen molar-refractivity contribution in [2.24, 2.45) is 0 Å². The average molecular weight is 331 g/mol. The van der Waals surface area contributed by atoms with Gasteiger partial charge in [-0.2, -0.15) is 0 Å². The molecule has 6 heteroatoms. The first-order valence-corrected chi connectivity index (χ1v) is 8.57. The minimum Gasteiger partial charge on any atom is -0.408 e. The Morgan fingerprint density at radius 1 is 1.21 bits per heavy atom. The first-order chi connectivity index (χ1) is 11.5. The van der Waals surface area contributed by atoms with Gasteiger partial charge in [-0.05, 0) is 51.9 Å². The molecule has 3 rings (SSSR count). The number of carbonyl (C=O) groups is 1. The van der Waals surface area contributed by atoms with Crippen molar-refractivity contribution in [2.45, 2.75) is 45.2 Å². The van der Waals surface area contributed by atoms with Crippen molar-refractivity contribution in [1.29, 1.82) is 0 Å². The van der Waals surface area contributed by atoms with Crippen molar-refractivity contribution >= 4 is 17.0 Å². The van der Waals surface area contributed by atoms with Gasteiger partial charge >= 0.3 is 5.76 Å². The van der Waals surface area contributed by atoms with Gasteiger partial charge in [-0.25, -0.2) is 4.79 Å². The van der Waals surface area contributed by atoms with E-state index >= 15 is 0 Å². The van der Waals surface area contributed by atoms with Crippen LogP contribution in [-0.4, -0.2) is 40.5 Å². The normalized spacial score (nSPS) is 16.4. The zero-order valence-electron chi connectivity index (χ0n) is 14.4. The van der Waals surface area contributed by atoms with Crippen LogP contribution in [0.3, 0.4) is 0 Å². The summed E-state index contributed by atoms with van der Waals surface area (Å²) in [6.45, 7) is 7.00. The second-order valence-corrected chi connectivity index (χ2v) is 7.06. The third-order valence-electron chi connectivity index (χ3n) is 4.81. The van der Waals surface area contributed by atoms with Crippen LogP contribution in [0, 0.1) is 0 Å². The van der Waals surface area contributed by atoms with Crippen LogP contribution < -0.4 is 11.1 Å². The minimum atomic E-state index is -0.498. The number of nitrogens with zero attached hydrogens (tertiary/aromatic N) is 2. The zero-order valence-corrected chi connectivity index (χ0v) is 14.4. The van der Waals surface area contributed by atoms with E-state index in [1.165, 1.54) is 23.8 Å². The molecule has 0 atom stereocenters. The fraction of sp³-hybridized carbons (Fsp3) is 0.556. The number of para-hydroxylation sites is 2. The Morgan fingerprint density at radius 2 is 1.92 bits per heavy atom. The Bertz CT molecular complexity index is 769. The van der Waals surface area contributed by atoms with Gasteiger partial charge in [0.1, 0.15) is 6.54 Å². The standard InChI is InChI=1S/C18H25N3O3/c1-18(2,20-10-6-3-7-11-20)13-19-16(22)12-21-14-8-4-5-9-15(14)24-17(21)23/h4-5,8-9H,3,6-7,10-13H2,1-2H3,(H,19,22). The van der Waals surface area contributed by atoms with E-state index in [1.807, 2.05) is 6.07 Å². The number of benzene rings is 1. The van der Waals surface area contributed by atoms with E-state index in [0.717, 1.165) is 13.1 Å². The third-order valence-corrected chi connectivity index (χ3v) is 4.81. The molecule has 1 N–H and O–H groups in total. The van der Waals surface area contributed by atoms with Crippen molar-refractivity contribution in [3.8, 4) is 0 Å². The summed E-state index contributed by atoms with van der Waals surface area (Å²) in [6.07, 6.45) is 3.72. The molecule has 0 radical (unpaired) electrons. The number of fused-ring (bicyclic) bond motifs is 1. The molecule has 1 aromatic carbocycles. The number of piperidine rings is 1. The summed E-state index contributed by atoms with van der Waals surface area (Å²) >= 11 is 0. The van der Waals surface area contributed by atoms with Crippen LogP contribution in [0.1, 0.15) is 33.1 Å². The van der Waals surface area contributed by atoms with E-state index in [9.17, 15) is 9.59 Å². The number of rotatable bonds is 5. The van der Waals surface area contributed by atoms with Crippen molar-refractivity contribution in [1.82, 2.24) is 14.8 Å². The van der Waals surface area contributed by atoms with Gasteiger partial charge in [0.25, 0.3) is 0 Å². The van der Waals surface area contributed by atoms with Gasteiger partial charge in [0.2, 0.25) is 5.91 Å². The Labute approximate surface area is 141 Å². The minimum absolute atomic E-state index is 0.0219. The Hall–Kier alpha value is -2.08. The summed E-state index contributed by atoms with van der Waals surface area (Å²) < 4.78 is 6.53. The van der Waals surface area contributed by atoms with Crippen LogP contribution in [0.5, 0.6) is 0 Å². The number of likely N-dealkylation sites (tertiary alicyclic amines) is 1. The molecule has 6 nitrogen and oxygen atoms in total. The molecule has 2 heterocycles. The van der Waals surface area contributed by atoms with Crippen molar-refractivity contribution in [2.75, 3.05) is 19.6 Å². The van der Waals surface area contributed by atoms with Gasteiger partial charge in [0, 0.05) is 12.1 Å². The summed E-state index contributed by atoms with van der Waals surface area (Å²) in [7, 11) is 0. The van der Waals surface area contributed by atoms with Gasteiger partial charge in [0.15, 0.2) is 5.58 Å². The molecule has 1 aliphatic heterocycles. The van der Waals surface area contributed by atoms with Crippen molar-refractivity contribution < 1.29 is 9.21 Å². The molecule has 0 spiro atoms. The van der Waals surface area contributed by atoms with E-state index in [4.69, 9.17) is 4.42 Å². The number of amides is 1. The van der Waals surface area contributed by atoms with Gasteiger partial charge in [-0.3, -0.25) is 14.3 Å². The zero-order chi connectivity index (χ0) is 17.2. The molecule has 1 amide bonds. The lowest BCUT2D eigenvalue weighted by Gasteiger charge is -2.41. The quantitative estimate of drug-likeness (QED) is 0.910. The first kappa shape index (κ1) is 16.8. The molecular weight excluding hydrogens is 306 g/mol. The molecular formula is C18H25N3O3. The Morgan fingerprint density at radius 3 is 2.67 bits per heavy atom. The molecule has 24 heavy (non-hydrogen) atoms. The number of aromatic nitrogens is 1. The van der Waals surface area contributed by atoms with Crippen LogP contribution in [0.25, 0.3) is 11.1 Å². The first-order valence-electron chi connectivity index (χ1n) is 8.57. The third kappa shape index (κ3) is 3.53.